The Hall–Kier alpha value is -3.24. The van der Waals surface area contributed by atoms with Gasteiger partial charge < -0.3 is 10.2 Å². The molecule has 10 heteroatoms. The zero-order chi connectivity index (χ0) is 27.9. The van der Waals surface area contributed by atoms with Gasteiger partial charge in [-0.05, 0) is 68.3 Å². The second-order valence-electron chi connectivity index (χ2n) is 8.92. The van der Waals surface area contributed by atoms with E-state index in [0.29, 0.717) is 16.6 Å². The van der Waals surface area contributed by atoms with E-state index in [1.807, 2.05) is 13.8 Å². The third-order valence-electron chi connectivity index (χ3n) is 5.97. The van der Waals surface area contributed by atoms with Gasteiger partial charge in [0.2, 0.25) is 11.8 Å². The molecule has 3 rings (SSSR count). The summed E-state index contributed by atoms with van der Waals surface area (Å²) in [4.78, 5) is 28.0. The van der Waals surface area contributed by atoms with Crippen molar-refractivity contribution >= 4 is 43.5 Å². The lowest BCUT2D eigenvalue weighted by Crippen LogP contribution is -2.51. The van der Waals surface area contributed by atoms with Gasteiger partial charge in [0, 0.05) is 17.6 Å². The molecule has 7 nitrogen and oxygen atoms in total. The Morgan fingerprint density at radius 2 is 1.68 bits per heavy atom. The Kier molecular flexibility index (Phi) is 10.0. The molecule has 0 aliphatic carbocycles. The first-order valence-corrected chi connectivity index (χ1v) is 14.4. The number of nitrogens with one attached hydrogen (secondary N) is 1. The van der Waals surface area contributed by atoms with Gasteiger partial charge in [-0.2, -0.15) is 0 Å². The van der Waals surface area contributed by atoms with Crippen LogP contribution in [0.2, 0.25) is 0 Å². The number of nitrogens with zero attached hydrogens (tertiary/aromatic N) is 2. The lowest BCUT2D eigenvalue weighted by Gasteiger charge is -2.32. The second kappa shape index (κ2) is 13.0. The predicted octanol–water partition coefficient (Wildman–Crippen LogP) is 5.04. The van der Waals surface area contributed by atoms with Gasteiger partial charge >= 0.3 is 0 Å². The lowest BCUT2D eigenvalue weighted by atomic mass is 10.1. The normalized spacial score (nSPS) is 12.0. The fourth-order valence-electron chi connectivity index (χ4n) is 3.76. The van der Waals surface area contributed by atoms with E-state index in [2.05, 4.69) is 21.2 Å². The van der Waals surface area contributed by atoms with Crippen molar-refractivity contribution in [2.75, 3.05) is 17.4 Å². The molecule has 202 valence electrons. The first-order chi connectivity index (χ1) is 18.0. The van der Waals surface area contributed by atoms with E-state index in [9.17, 15) is 22.4 Å². The maximum absolute atomic E-state index is 13.8. The average Bonchev–Trinajstić information content (AvgIpc) is 2.89. The van der Waals surface area contributed by atoms with Gasteiger partial charge in [0.25, 0.3) is 10.0 Å². The Bertz CT molecular complexity index is 1370. The molecule has 0 aliphatic rings. The van der Waals surface area contributed by atoms with Crippen LogP contribution in [0.4, 0.5) is 10.1 Å². The number of sulfonamides is 1. The largest absolute Gasteiger partial charge is 0.354 e. The zero-order valence-electron chi connectivity index (χ0n) is 21.5. The Morgan fingerprint density at radius 3 is 2.29 bits per heavy atom. The fourth-order valence-corrected chi connectivity index (χ4v) is 5.56. The summed E-state index contributed by atoms with van der Waals surface area (Å²) in [5.41, 5.74) is 1.79. The number of benzene rings is 3. The number of carbonyl (C=O) groups is 2. The molecule has 0 saturated heterocycles. The minimum atomic E-state index is -4.14. The number of halogens is 2. The number of anilines is 1. The van der Waals surface area contributed by atoms with E-state index in [0.717, 1.165) is 16.3 Å². The highest BCUT2D eigenvalue weighted by molar-refractivity contribution is 9.10. The van der Waals surface area contributed by atoms with E-state index in [1.165, 1.54) is 41.3 Å². The first kappa shape index (κ1) is 29.3. The van der Waals surface area contributed by atoms with Crippen LogP contribution in [0.25, 0.3) is 0 Å². The number of hydrogen-bond donors (Lipinski definition) is 1. The summed E-state index contributed by atoms with van der Waals surface area (Å²) in [6.07, 6.45) is 0.718. The SMILES string of the molecule is CCCNC(=O)C(C)N(Cc1ccc(F)cc1)C(=O)CN(c1cccc(Br)c1)S(=O)(=O)c1ccc(C)cc1. The molecule has 0 spiro atoms. The number of aryl methyl sites for hydroxylation is 1. The van der Waals surface area contributed by atoms with Crippen LogP contribution in [-0.2, 0) is 26.2 Å². The van der Waals surface area contributed by atoms with Crippen molar-refractivity contribution in [1.82, 2.24) is 10.2 Å². The molecule has 1 atom stereocenters. The number of carbonyl (C=O) groups excluding carboxylic acids is 2. The molecule has 0 aliphatic heterocycles. The van der Waals surface area contributed by atoms with Crippen molar-refractivity contribution in [3.63, 3.8) is 0 Å². The van der Waals surface area contributed by atoms with Gasteiger partial charge in [0.15, 0.2) is 0 Å². The van der Waals surface area contributed by atoms with Gasteiger partial charge in [0.05, 0.1) is 10.6 Å². The second-order valence-corrected chi connectivity index (χ2v) is 11.7. The van der Waals surface area contributed by atoms with Gasteiger partial charge in [-0.25, -0.2) is 12.8 Å². The molecule has 0 saturated carbocycles. The van der Waals surface area contributed by atoms with E-state index in [1.54, 1.807) is 43.3 Å². The van der Waals surface area contributed by atoms with Gasteiger partial charge in [0.1, 0.15) is 18.4 Å². The molecule has 0 aromatic heterocycles. The topological polar surface area (TPSA) is 86.8 Å². The Balaban J connectivity index is 2.01. The highest BCUT2D eigenvalue weighted by Gasteiger charge is 2.32. The van der Waals surface area contributed by atoms with Crippen molar-refractivity contribution in [2.45, 2.75) is 44.7 Å². The van der Waals surface area contributed by atoms with Crippen LogP contribution in [0.5, 0.6) is 0 Å². The predicted molar refractivity (Wildman–Crippen MR) is 150 cm³/mol. The summed E-state index contributed by atoms with van der Waals surface area (Å²) in [6.45, 7) is 5.25. The molecule has 1 unspecified atom stereocenters. The molecule has 0 heterocycles. The fraction of sp³-hybridized carbons (Fsp3) is 0.286. The average molecular weight is 605 g/mol. The monoisotopic (exact) mass is 603 g/mol. The third-order valence-corrected chi connectivity index (χ3v) is 8.25. The number of amides is 2. The minimum Gasteiger partial charge on any atom is -0.354 e. The smallest absolute Gasteiger partial charge is 0.264 e. The van der Waals surface area contributed by atoms with Crippen molar-refractivity contribution in [3.05, 3.63) is 94.2 Å². The number of rotatable bonds is 11. The summed E-state index contributed by atoms with van der Waals surface area (Å²) in [5, 5.41) is 2.79. The summed E-state index contributed by atoms with van der Waals surface area (Å²) < 4.78 is 42.7. The van der Waals surface area contributed by atoms with Crippen LogP contribution in [0.3, 0.4) is 0 Å². The van der Waals surface area contributed by atoms with Crippen molar-refractivity contribution in [1.29, 1.82) is 0 Å². The molecule has 38 heavy (non-hydrogen) atoms. The maximum Gasteiger partial charge on any atom is 0.264 e. The number of hydrogen-bond acceptors (Lipinski definition) is 4. The highest BCUT2D eigenvalue weighted by Crippen LogP contribution is 2.27. The molecule has 0 bridgehead atoms. The van der Waals surface area contributed by atoms with E-state index in [4.69, 9.17) is 0 Å². The summed E-state index contributed by atoms with van der Waals surface area (Å²) in [5.74, 6) is -1.37. The van der Waals surface area contributed by atoms with Crippen LogP contribution >= 0.6 is 15.9 Å². The van der Waals surface area contributed by atoms with E-state index >= 15 is 0 Å². The Morgan fingerprint density at radius 1 is 1.03 bits per heavy atom. The highest BCUT2D eigenvalue weighted by atomic mass is 79.9. The lowest BCUT2D eigenvalue weighted by molar-refractivity contribution is -0.139. The molecule has 0 fully saturated rings. The molecule has 3 aromatic rings. The third kappa shape index (κ3) is 7.41. The van der Waals surface area contributed by atoms with Crippen molar-refractivity contribution < 1.29 is 22.4 Å². The van der Waals surface area contributed by atoms with Gasteiger partial charge in [-0.15, -0.1) is 0 Å². The zero-order valence-corrected chi connectivity index (χ0v) is 23.9. The van der Waals surface area contributed by atoms with Crippen molar-refractivity contribution in [2.24, 2.45) is 0 Å². The summed E-state index contributed by atoms with van der Waals surface area (Å²) in [7, 11) is -4.14. The van der Waals surface area contributed by atoms with Crippen LogP contribution in [0, 0.1) is 12.7 Å². The van der Waals surface area contributed by atoms with Crippen molar-refractivity contribution in [3.8, 4) is 0 Å². The van der Waals surface area contributed by atoms with Crippen LogP contribution in [-0.4, -0.2) is 44.3 Å². The van der Waals surface area contributed by atoms with E-state index in [-0.39, 0.29) is 23.0 Å². The maximum atomic E-state index is 13.8. The van der Waals surface area contributed by atoms with Gasteiger partial charge in [-0.3, -0.25) is 13.9 Å². The molecule has 0 radical (unpaired) electrons. The first-order valence-electron chi connectivity index (χ1n) is 12.2. The quantitative estimate of drug-likeness (QED) is 0.333. The summed E-state index contributed by atoms with van der Waals surface area (Å²) in [6, 6.07) is 17.7. The molecular weight excluding hydrogens is 573 g/mol. The summed E-state index contributed by atoms with van der Waals surface area (Å²) >= 11 is 3.37. The minimum absolute atomic E-state index is 0.00325. The molecular formula is C28H31BrFN3O4S. The Labute approximate surface area is 231 Å². The van der Waals surface area contributed by atoms with Gasteiger partial charge in [-0.1, -0.05) is 58.7 Å². The molecule has 1 N–H and O–H groups in total. The standard InChI is InChI=1S/C28H31BrFN3O4S/c1-4-16-31-28(35)21(3)32(18-22-10-12-24(30)13-11-22)27(34)19-33(25-7-5-6-23(29)17-25)38(36,37)26-14-8-20(2)9-15-26/h5-15,17,21H,4,16,18-19H2,1-3H3,(H,31,35). The van der Waals surface area contributed by atoms with E-state index < -0.39 is 34.3 Å². The van der Waals surface area contributed by atoms with Crippen LogP contribution in [0.15, 0.2) is 82.2 Å². The molecule has 2 amide bonds. The van der Waals surface area contributed by atoms with Crippen LogP contribution < -0.4 is 9.62 Å². The van der Waals surface area contributed by atoms with Crippen LogP contribution in [0.1, 0.15) is 31.4 Å². The molecule has 3 aromatic carbocycles.